The van der Waals surface area contributed by atoms with Gasteiger partial charge >= 0.3 is 0 Å². The maximum absolute atomic E-state index is 11.3. The van der Waals surface area contributed by atoms with Gasteiger partial charge in [0.1, 0.15) is 9.84 Å². The molecule has 0 radical (unpaired) electrons. The van der Waals surface area contributed by atoms with Crippen molar-refractivity contribution < 1.29 is 8.42 Å². The molecule has 4 nitrogen and oxygen atoms in total. The number of rotatable bonds is 5. The first-order valence-corrected chi connectivity index (χ1v) is 8.84. The van der Waals surface area contributed by atoms with Crippen LogP contribution in [-0.4, -0.2) is 39.0 Å². The lowest BCUT2D eigenvalue weighted by Gasteiger charge is -2.21. The molecule has 0 aliphatic heterocycles. The Morgan fingerprint density at radius 1 is 1.30 bits per heavy atom. The molecule has 0 aliphatic rings. The molecular formula is C14H17ClN2O2S. The summed E-state index contributed by atoms with van der Waals surface area (Å²) < 4.78 is 22.6. The minimum absolute atomic E-state index is 0.121. The van der Waals surface area contributed by atoms with Gasteiger partial charge in [0.15, 0.2) is 0 Å². The molecule has 0 saturated carbocycles. The number of hydrogen-bond acceptors (Lipinski definition) is 4. The van der Waals surface area contributed by atoms with Crippen LogP contribution in [0, 0.1) is 0 Å². The molecule has 0 atom stereocenters. The quantitative estimate of drug-likeness (QED) is 0.796. The zero-order valence-corrected chi connectivity index (χ0v) is 13.1. The number of nitrogens with zero attached hydrogens (tertiary/aromatic N) is 2. The van der Waals surface area contributed by atoms with Crippen LogP contribution in [0.2, 0.25) is 0 Å². The third-order valence-electron chi connectivity index (χ3n) is 3.09. The number of sulfone groups is 1. The second-order valence-corrected chi connectivity index (χ2v) is 7.36. The molecule has 1 aromatic carbocycles. The highest BCUT2D eigenvalue weighted by atomic mass is 35.5. The topological polar surface area (TPSA) is 50.3 Å². The highest BCUT2D eigenvalue weighted by Gasteiger charge is 2.11. The number of anilines is 1. The van der Waals surface area contributed by atoms with Gasteiger partial charge in [-0.25, -0.2) is 8.42 Å². The first-order chi connectivity index (χ1) is 9.40. The third kappa shape index (κ3) is 3.61. The predicted molar refractivity (Wildman–Crippen MR) is 84.3 cm³/mol. The molecule has 2 rings (SSSR count). The first-order valence-electron chi connectivity index (χ1n) is 6.24. The van der Waals surface area contributed by atoms with Gasteiger partial charge in [-0.05, 0) is 12.1 Å². The van der Waals surface area contributed by atoms with Crippen molar-refractivity contribution >= 4 is 38.0 Å². The van der Waals surface area contributed by atoms with Gasteiger partial charge in [-0.1, -0.05) is 18.2 Å². The molecule has 0 fully saturated rings. The van der Waals surface area contributed by atoms with Crippen molar-refractivity contribution in [2.45, 2.75) is 5.88 Å². The molecule has 0 bridgehead atoms. The number of hydrogen-bond donors (Lipinski definition) is 0. The average Bonchev–Trinajstić information content (AvgIpc) is 2.42. The summed E-state index contributed by atoms with van der Waals surface area (Å²) in [4.78, 5) is 6.40. The van der Waals surface area contributed by atoms with Crippen LogP contribution in [0.4, 0.5) is 5.69 Å². The van der Waals surface area contributed by atoms with Crippen molar-refractivity contribution in [3.8, 4) is 0 Å². The predicted octanol–water partition coefficient (Wildman–Crippen LogP) is 2.45. The summed E-state index contributed by atoms with van der Waals surface area (Å²) in [6.07, 6.45) is 1.25. The molecule has 0 spiro atoms. The van der Waals surface area contributed by atoms with Crippen LogP contribution in [0.25, 0.3) is 10.9 Å². The van der Waals surface area contributed by atoms with Gasteiger partial charge in [-0.2, -0.15) is 0 Å². The lowest BCUT2D eigenvalue weighted by molar-refractivity contribution is 0.601. The maximum atomic E-state index is 11.3. The van der Waals surface area contributed by atoms with E-state index in [1.807, 2.05) is 42.3 Å². The van der Waals surface area contributed by atoms with Crippen molar-refractivity contribution in [2.24, 2.45) is 0 Å². The van der Waals surface area contributed by atoms with Crippen molar-refractivity contribution in [3.63, 3.8) is 0 Å². The van der Waals surface area contributed by atoms with E-state index >= 15 is 0 Å². The molecule has 0 aliphatic carbocycles. The van der Waals surface area contributed by atoms with E-state index in [0.717, 1.165) is 22.3 Å². The molecular weight excluding hydrogens is 296 g/mol. The highest BCUT2D eigenvalue weighted by Crippen LogP contribution is 2.26. The minimum Gasteiger partial charge on any atom is -0.373 e. The van der Waals surface area contributed by atoms with Crippen LogP contribution in [0.3, 0.4) is 0 Å². The monoisotopic (exact) mass is 312 g/mol. The Morgan fingerprint density at radius 3 is 2.65 bits per heavy atom. The van der Waals surface area contributed by atoms with Crippen LogP contribution in [0.5, 0.6) is 0 Å². The van der Waals surface area contributed by atoms with Crippen molar-refractivity contribution in [3.05, 3.63) is 36.0 Å². The number of benzene rings is 1. The summed E-state index contributed by atoms with van der Waals surface area (Å²) in [7, 11) is -1.10. The van der Waals surface area contributed by atoms with Gasteiger partial charge in [0, 0.05) is 30.9 Å². The average molecular weight is 313 g/mol. The fourth-order valence-corrected chi connectivity index (χ4v) is 2.76. The van der Waals surface area contributed by atoms with E-state index in [1.54, 1.807) is 0 Å². The molecule has 0 amide bonds. The third-order valence-corrected chi connectivity index (χ3v) is 4.29. The Labute approximate surface area is 124 Å². The Bertz CT molecular complexity index is 716. The van der Waals surface area contributed by atoms with E-state index < -0.39 is 9.84 Å². The summed E-state index contributed by atoms with van der Waals surface area (Å²) >= 11 is 5.88. The van der Waals surface area contributed by atoms with E-state index in [1.165, 1.54) is 6.26 Å². The smallest absolute Gasteiger partial charge is 0.149 e. The number of alkyl halides is 1. The van der Waals surface area contributed by atoms with E-state index in [9.17, 15) is 8.42 Å². The van der Waals surface area contributed by atoms with Crippen molar-refractivity contribution in [2.75, 3.05) is 30.5 Å². The summed E-state index contributed by atoms with van der Waals surface area (Å²) in [6, 6.07) is 9.69. The van der Waals surface area contributed by atoms with E-state index in [0.29, 0.717) is 12.4 Å². The Kier molecular flexibility index (Phi) is 4.50. The van der Waals surface area contributed by atoms with Gasteiger partial charge in [0.05, 0.1) is 22.8 Å². The van der Waals surface area contributed by atoms with Crippen LogP contribution in [0.15, 0.2) is 30.3 Å². The van der Waals surface area contributed by atoms with E-state index in [4.69, 9.17) is 11.6 Å². The fourth-order valence-electron chi connectivity index (χ4n) is 2.02. The SMILES string of the molecule is CN(CCS(C)(=O)=O)c1cc(CCl)nc2ccccc12. The van der Waals surface area contributed by atoms with Crippen molar-refractivity contribution in [1.82, 2.24) is 4.98 Å². The first kappa shape index (κ1) is 15.1. The Morgan fingerprint density at radius 2 is 2.00 bits per heavy atom. The molecule has 2 aromatic rings. The second-order valence-electron chi connectivity index (χ2n) is 4.83. The Balaban J connectivity index is 2.41. The normalized spacial score (nSPS) is 11.8. The summed E-state index contributed by atoms with van der Waals surface area (Å²) in [5.74, 6) is 0.452. The minimum atomic E-state index is -2.98. The number of halogens is 1. The lowest BCUT2D eigenvalue weighted by atomic mass is 10.1. The molecule has 0 N–H and O–H groups in total. The van der Waals surface area contributed by atoms with Gasteiger partial charge < -0.3 is 4.90 Å². The lowest BCUT2D eigenvalue weighted by Crippen LogP contribution is -2.25. The molecule has 6 heteroatoms. The van der Waals surface area contributed by atoms with Crippen LogP contribution < -0.4 is 4.90 Å². The molecule has 20 heavy (non-hydrogen) atoms. The molecule has 1 heterocycles. The molecule has 0 unspecified atom stereocenters. The summed E-state index contributed by atoms with van der Waals surface area (Å²) in [6.45, 7) is 0.439. The molecule has 1 aromatic heterocycles. The van der Waals surface area contributed by atoms with Crippen molar-refractivity contribution in [1.29, 1.82) is 0 Å². The second kappa shape index (κ2) is 5.97. The molecule has 0 saturated heterocycles. The zero-order chi connectivity index (χ0) is 14.8. The number of fused-ring (bicyclic) bond motifs is 1. The fraction of sp³-hybridized carbons (Fsp3) is 0.357. The summed E-state index contributed by atoms with van der Waals surface area (Å²) in [5.41, 5.74) is 2.60. The zero-order valence-electron chi connectivity index (χ0n) is 11.5. The number of para-hydroxylation sites is 1. The number of aromatic nitrogens is 1. The Hall–Kier alpha value is -1.33. The van der Waals surface area contributed by atoms with Crippen LogP contribution in [-0.2, 0) is 15.7 Å². The largest absolute Gasteiger partial charge is 0.373 e. The number of pyridine rings is 1. The van der Waals surface area contributed by atoms with Gasteiger partial charge in [-0.3, -0.25) is 4.98 Å². The standard InChI is InChI=1S/C14H17ClN2O2S/c1-17(7-8-20(2,18)19)14-9-11(10-15)16-13-6-4-3-5-12(13)14/h3-6,9H,7-8,10H2,1-2H3. The summed E-state index contributed by atoms with van der Waals surface area (Å²) in [5, 5.41) is 0.998. The highest BCUT2D eigenvalue weighted by molar-refractivity contribution is 7.90. The van der Waals surface area contributed by atoms with Gasteiger partial charge in [0.2, 0.25) is 0 Å². The van der Waals surface area contributed by atoms with Gasteiger partial charge in [0.25, 0.3) is 0 Å². The van der Waals surface area contributed by atoms with Crippen LogP contribution >= 0.6 is 11.6 Å². The van der Waals surface area contributed by atoms with E-state index in [2.05, 4.69) is 4.98 Å². The molecule has 108 valence electrons. The maximum Gasteiger partial charge on any atom is 0.149 e. The van der Waals surface area contributed by atoms with Gasteiger partial charge in [-0.15, -0.1) is 11.6 Å². The van der Waals surface area contributed by atoms with Crippen LogP contribution in [0.1, 0.15) is 5.69 Å². The van der Waals surface area contributed by atoms with E-state index in [-0.39, 0.29) is 5.75 Å².